The Morgan fingerprint density at radius 3 is 1.97 bits per heavy atom. The van der Waals surface area contributed by atoms with Crippen LogP contribution in [0.5, 0.6) is 0 Å². The van der Waals surface area contributed by atoms with E-state index in [0.717, 1.165) is 0 Å². The first-order chi connectivity index (χ1) is 17.5. The Balaban J connectivity index is 1.77. The van der Waals surface area contributed by atoms with Gasteiger partial charge in [-0.1, -0.05) is 103 Å². The third kappa shape index (κ3) is 2.94. The van der Waals surface area contributed by atoms with Crippen LogP contribution in [0, 0.1) is 0 Å². The summed E-state index contributed by atoms with van der Waals surface area (Å²) in [6.07, 6.45) is 0. The minimum atomic E-state index is -4.24. The van der Waals surface area contributed by atoms with Gasteiger partial charge in [-0.25, -0.2) is 8.42 Å². The van der Waals surface area contributed by atoms with E-state index in [4.69, 9.17) is 9.47 Å². The summed E-state index contributed by atoms with van der Waals surface area (Å²) in [5.41, 5.74) is 0.184. The molecule has 2 bridgehead atoms. The number of fused-ring (bicyclic) bond motifs is 4. The van der Waals surface area contributed by atoms with Gasteiger partial charge in [-0.05, 0) is 23.3 Å². The number of hydrogen-bond donors (Lipinski definition) is 0. The van der Waals surface area contributed by atoms with Crippen molar-refractivity contribution >= 4 is 15.8 Å². The number of ether oxygens (including phenoxy) is 2. The van der Waals surface area contributed by atoms with Crippen LogP contribution >= 0.6 is 0 Å². The number of hydrogen-bond acceptors (Lipinski definition) is 5. The van der Waals surface area contributed by atoms with E-state index in [1.165, 1.54) is 23.5 Å². The maximum Gasteiger partial charge on any atom is 0.274 e. The molecule has 1 fully saturated rings. The average molecular weight is 498 g/mol. The van der Waals surface area contributed by atoms with Crippen molar-refractivity contribution in [2.45, 2.75) is 22.4 Å². The Labute approximate surface area is 209 Å². The van der Waals surface area contributed by atoms with E-state index < -0.39 is 27.6 Å². The van der Waals surface area contributed by atoms with Crippen molar-refractivity contribution in [2.75, 3.05) is 7.11 Å². The summed E-state index contributed by atoms with van der Waals surface area (Å²) in [5, 5.41) is 0. The zero-order valence-corrected chi connectivity index (χ0v) is 20.3. The summed E-state index contributed by atoms with van der Waals surface area (Å²) in [5.74, 6) is -2.20. The van der Waals surface area contributed by atoms with Crippen LogP contribution in [-0.2, 0) is 31.0 Å². The van der Waals surface area contributed by atoms with Crippen molar-refractivity contribution < 1.29 is 22.7 Å². The highest BCUT2D eigenvalue weighted by Gasteiger charge is 2.73. The van der Waals surface area contributed by atoms with Crippen molar-refractivity contribution in [3.63, 3.8) is 0 Å². The van der Waals surface area contributed by atoms with Gasteiger partial charge in [-0.15, -0.1) is 4.31 Å². The van der Waals surface area contributed by atoms with Gasteiger partial charge in [0.05, 0.1) is 10.9 Å². The Morgan fingerprint density at radius 2 is 1.33 bits per heavy atom. The summed E-state index contributed by atoms with van der Waals surface area (Å²) < 4.78 is 42.9. The molecule has 0 saturated carbocycles. The fourth-order valence-corrected chi connectivity index (χ4v) is 7.24. The van der Waals surface area contributed by atoms with Crippen molar-refractivity contribution in [3.05, 3.63) is 138 Å². The van der Waals surface area contributed by atoms with E-state index in [9.17, 15) is 13.2 Å². The van der Waals surface area contributed by atoms with E-state index in [1.54, 1.807) is 54.6 Å². The molecule has 0 unspecified atom stereocenters. The van der Waals surface area contributed by atoms with Gasteiger partial charge < -0.3 is 9.47 Å². The maximum atomic E-state index is 14.5. The number of rotatable bonds is 5. The molecule has 0 aliphatic carbocycles. The summed E-state index contributed by atoms with van der Waals surface area (Å²) >= 11 is 0. The molecule has 6 nitrogen and oxygen atoms in total. The smallest absolute Gasteiger partial charge is 0.274 e. The van der Waals surface area contributed by atoms with E-state index in [0.29, 0.717) is 22.3 Å². The molecule has 4 aromatic rings. The Kier molecular flexibility index (Phi) is 5.21. The molecule has 2 aliphatic rings. The van der Waals surface area contributed by atoms with Crippen LogP contribution in [0.4, 0.5) is 0 Å². The molecule has 0 amide bonds. The largest absolute Gasteiger partial charge is 0.336 e. The van der Waals surface area contributed by atoms with Crippen molar-refractivity contribution in [2.24, 2.45) is 0 Å². The zero-order valence-electron chi connectivity index (χ0n) is 19.4. The third-order valence-corrected chi connectivity index (χ3v) is 8.79. The number of nitrogens with zero attached hydrogens (tertiary/aromatic N) is 1. The highest BCUT2D eigenvalue weighted by Crippen LogP contribution is 2.63. The Morgan fingerprint density at radius 1 is 0.778 bits per heavy atom. The van der Waals surface area contributed by atoms with Gasteiger partial charge in [0.2, 0.25) is 15.8 Å². The average Bonchev–Trinajstić information content (AvgIpc) is 3.24. The number of carbonyl (C=O) groups is 1. The standard InChI is InChI=1S/C29H23NO5S/c1-34-29-25-20-12-11-19-24(25)27(31)28(35-29,22-15-7-3-8-16-22)26(21-13-5-2-6-14-21)30(29)36(32,33)23-17-9-4-10-18-23/h2-20,26H,1H3/t26-,28-,29-/m0/s1. The number of carbonyl (C=O) groups excluding carboxylic acids is 1. The molecule has 180 valence electrons. The predicted molar refractivity (Wildman–Crippen MR) is 133 cm³/mol. The second kappa shape index (κ2) is 8.21. The van der Waals surface area contributed by atoms with Crippen LogP contribution in [0.3, 0.4) is 0 Å². The van der Waals surface area contributed by atoms with E-state index in [1.807, 2.05) is 48.5 Å². The van der Waals surface area contributed by atoms with Gasteiger partial charge in [0.1, 0.15) is 0 Å². The minimum absolute atomic E-state index is 0.0756. The molecule has 0 radical (unpaired) electrons. The minimum Gasteiger partial charge on any atom is -0.336 e. The normalized spacial score (nSPS) is 25.5. The zero-order chi connectivity index (χ0) is 25.0. The van der Waals surface area contributed by atoms with Gasteiger partial charge in [0, 0.05) is 18.2 Å². The van der Waals surface area contributed by atoms with Crippen molar-refractivity contribution in [3.8, 4) is 0 Å². The number of benzene rings is 4. The lowest BCUT2D eigenvalue weighted by Gasteiger charge is -2.39. The van der Waals surface area contributed by atoms with Crippen LogP contribution in [0.2, 0.25) is 0 Å². The molecule has 2 aliphatic heterocycles. The van der Waals surface area contributed by atoms with Crippen LogP contribution in [0.25, 0.3) is 0 Å². The second-order valence-corrected chi connectivity index (χ2v) is 10.6. The van der Waals surface area contributed by atoms with Gasteiger partial charge in [-0.2, -0.15) is 0 Å². The summed E-state index contributed by atoms with van der Waals surface area (Å²) in [7, 11) is -2.84. The Bertz CT molecular complexity index is 1540. The van der Waals surface area contributed by atoms with Gasteiger partial charge in [0.25, 0.3) is 5.91 Å². The molecule has 36 heavy (non-hydrogen) atoms. The van der Waals surface area contributed by atoms with Gasteiger partial charge in [-0.3, -0.25) is 4.79 Å². The molecule has 2 heterocycles. The number of methoxy groups -OCH3 is 1. The first-order valence-electron chi connectivity index (χ1n) is 11.6. The molecule has 6 rings (SSSR count). The summed E-state index contributed by atoms with van der Waals surface area (Å²) in [6, 6.07) is 32.2. The fraction of sp³-hybridized carbons (Fsp3) is 0.138. The van der Waals surface area contributed by atoms with Crippen molar-refractivity contribution in [1.29, 1.82) is 0 Å². The molecule has 0 N–H and O–H groups in total. The topological polar surface area (TPSA) is 72.9 Å². The molecule has 7 heteroatoms. The maximum absolute atomic E-state index is 14.5. The molecule has 4 aromatic carbocycles. The number of ketones is 1. The fourth-order valence-electron chi connectivity index (χ4n) is 5.44. The first kappa shape index (κ1) is 22.8. The number of sulfonamides is 1. The van der Waals surface area contributed by atoms with E-state index >= 15 is 0 Å². The van der Waals surface area contributed by atoms with Crippen LogP contribution in [0.1, 0.15) is 33.1 Å². The lowest BCUT2D eigenvalue weighted by Crippen LogP contribution is -2.49. The second-order valence-electron chi connectivity index (χ2n) is 8.79. The lowest BCUT2D eigenvalue weighted by molar-refractivity contribution is -0.280. The highest BCUT2D eigenvalue weighted by molar-refractivity contribution is 7.89. The molecule has 0 aromatic heterocycles. The predicted octanol–water partition coefficient (Wildman–Crippen LogP) is 5.00. The van der Waals surface area contributed by atoms with Crippen molar-refractivity contribution in [1.82, 2.24) is 4.31 Å². The van der Waals surface area contributed by atoms with Crippen LogP contribution in [0.15, 0.2) is 120 Å². The number of Topliss-reactive ketones (excluding diaryl/α,β-unsaturated/α-hetero) is 1. The van der Waals surface area contributed by atoms with Crippen LogP contribution in [-0.4, -0.2) is 25.6 Å². The first-order valence-corrected chi connectivity index (χ1v) is 13.0. The SMILES string of the molecule is CO[C@]12O[C@](c3ccccc3)(C(=O)c3ccccc31)[C@H](c1ccccc1)N2S(=O)(=O)c1ccccc1. The monoisotopic (exact) mass is 497 g/mol. The quantitative estimate of drug-likeness (QED) is 0.388. The summed E-state index contributed by atoms with van der Waals surface area (Å²) in [4.78, 5) is 14.5. The third-order valence-electron chi connectivity index (χ3n) is 6.95. The van der Waals surface area contributed by atoms with Gasteiger partial charge >= 0.3 is 0 Å². The highest BCUT2D eigenvalue weighted by atomic mass is 32.2. The molecular formula is C29H23NO5S. The van der Waals surface area contributed by atoms with E-state index in [-0.39, 0.29) is 10.7 Å². The van der Waals surface area contributed by atoms with Crippen LogP contribution < -0.4 is 0 Å². The molecular weight excluding hydrogens is 474 g/mol. The molecule has 3 atom stereocenters. The molecule has 1 saturated heterocycles. The van der Waals surface area contributed by atoms with E-state index in [2.05, 4.69) is 0 Å². The van der Waals surface area contributed by atoms with Gasteiger partial charge in [0.15, 0.2) is 5.60 Å². The lowest BCUT2D eigenvalue weighted by atomic mass is 9.76. The Hall–Kier alpha value is -3.62. The summed E-state index contributed by atoms with van der Waals surface area (Å²) in [6.45, 7) is 0. The molecule has 0 spiro atoms.